The third-order valence-corrected chi connectivity index (χ3v) is 5.55. The average molecular weight is 381 g/mol. The first-order valence-electron chi connectivity index (χ1n) is 10.1. The Bertz CT molecular complexity index is 901. The van der Waals surface area contributed by atoms with E-state index in [0.717, 1.165) is 48.2 Å². The Hall–Kier alpha value is -2.76. The summed E-state index contributed by atoms with van der Waals surface area (Å²) >= 11 is 0. The number of imidazole rings is 1. The lowest BCUT2D eigenvalue weighted by atomic mass is 9.91. The molecule has 1 aliphatic carbocycles. The van der Waals surface area contributed by atoms with Gasteiger partial charge in [0.1, 0.15) is 12.4 Å². The van der Waals surface area contributed by atoms with E-state index in [-0.39, 0.29) is 24.2 Å². The number of fused-ring (bicyclic) bond motifs is 1. The summed E-state index contributed by atoms with van der Waals surface area (Å²) in [5, 5.41) is 0. The number of aromatic nitrogens is 2. The number of benzene rings is 1. The van der Waals surface area contributed by atoms with E-state index in [1.807, 2.05) is 24.3 Å². The summed E-state index contributed by atoms with van der Waals surface area (Å²) in [6.45, 7) is 4.73. The molecule has 0 saturated carbocycles. The monoisotopic (exact) mass is 381 g/mol. The van der Waals surface area contributed by atoms with Crippen LogP contribution in [0.15, 0.2) is 48.5 Å². The van der Waals surface area contributed by atoms with E-state index in [9.17, 15) is 4.79 Å². The van der Waals surface area contributed by atoms with Crippen LogP contribution in [-0.4, -0.2) is 34.8 Å². The van der Waals surface area contributed by atoms with Crippen LogP contribution in [0.2, 0.25) is 0 Å². The van der Waals surface area contributed by atoms with Gasteiger partial charge in [-0.2, -0.15) is 0 Å². The maximum atomic E-state index is 12.4. The molecule has 0 radical (unpaired) electrons. The Morgan fingerprint density at radius 3 is 3.04 bits per heavy atom. The van der Waals surface area contributed by atoms with Gasteiger partial charge in [-0.3, -0.25) is 4.90 Å². The number of ether oxygens (including phenoxy) is 2. The zero-order valence-corrected chi connectivity index (χ0v) is 16.4. The second-order valence-corrected chi connectivity index (χ2v) is 7.42. The molecular weight excluding hydrogens is 354 g/mol. The lowest BCUT2D eigenvalue weighted by molar-refractivity contribution is 0.110. The van der Waals surface area contributed by atoms with Crippen LogP contribution in [0.25, 0.3) is 11.0 Å². The standard InChI is InChI=1S/C22H27N3O3/c1-3-5-17(4-2)28-18-9-6-15(7-10-18)21-13-27-22(26)25(21)16-8-11-19-20(12-16)24-14-23-19/h6,8-12,14-15,17,21H,3-5,7,13H2,1-2H3,(H,23,24). The van der Waals surface area contributed by atoms with Crippen molar-refractivity contribution >= 4 is 22.8 Å². The minimum atomic E-state index is -0.294. The normalized spacial score (nSPS) is 23.0. The van der Waals surface area contributed by atoms with E-state index >= 15 is 0 Å². The quantitative estimate of drug-likeness (QED) is 0.737. The van der Waals surface area contributed by atoms with Gasteiger partial charge in [-0.1, -0.05) is 26.3 Å². The molecule has 3 atom stereocenters. The molecule has 1 amide bonds. The number of H-pyrrole nitrogens is 1. The smallest absolute Gasteiger partial charge is 0.414 e. The number of hydrogen-bond acceptors (Lipinski definition) is 4. The highest BCUT2D eigenvalue weighted by atomic mass is 16.6. The molecule has 1 N–H and O–H groups in total. The molecule has 4 rings (SSSR count). The Labute approximate surface area is 165 Å². The van der Waals surface area contributed by atoms with Crippen molar-refractivity contribution in [1.82, 2.24) is 9.97 Å². The van der Waals surface area contributed by atoms with Gasteiger partial charge in [0.15, 0.2) is 0 Å². The highest BCUT2D eigenvalue weighted by molar-refractivity contribution is 5.93. The van der Waals surface area contributed by atoms with E-state index in [0.29, 0.717) is 6.61 Å². The number of nitrogens with zero attached hydrogens (tertiary/aromatic N) is 2. The van der Waals surface area contributed by atoms with Crippen molar-refractivity contribution in [3.8, 4) is 0 Å². The largest absolute Gasteiger partial charge is 0.491 e. The number of carbonyl (C=O) groups is 1. The highest BCUT2D eigenvalue weighted by Gasteiger charge is 2.39. The molecule has 2 heterocycles. The third-order valence-electron chi connectivity index (χ3n) is 5.55. The lowest BCUT2D eigenvalue weighted by Crippen LogP contribution is -2.38. The molecule has 6 nitrogen and oxygen atoms in total. The molecule has 1 aromatic carbocycles. The molecule has 1 aliphatic heterocycles. The minimum absolute atomic E-state index is 0.0282. The van der Waals surface area contributed by atoms with Crippen LogP contribution in [0.4, 0.5) is 10.5 Å². The number of aromatic amines is 1. The zero-order chi connectivity index (χ0) is 19.5. The van der Waals surface area contributed by atoms with Crippen molar-refractivity contribution in [3.63, 3.8) is 0 Å². The van der Waals surface area contributed by atoms with Crippen molar-refractivity contribution in [2.24, 2.45) is 5.92 Å². The summed E-state index contributed by atoms with van der Waals surface area (Å²) in [7, 11) is 0. The van der Waals surface area contributed by atoms with Gasteiger partial charge in [0.25, 0.3) is 0 Å². The fourth-order valence-corrected chi connectivity index (χ4v) is 3.97. The summed E-state index contributed by atoms with van der Waals surface area (Å²) in [5.41, 5.74) is 2.62. The van der Waals surface area contributed by atoms with E-state index in [1.165, 1.54) is 0 Å². The Balaban J connectivity index is 1.48. The molecule has 6 heteroatoms. The fraction of sp³-hybridized carbons (Fsp3) is 0.455. The first kappa shape index (κ1) is 18.6. The van der Waals surface area contributed by atoms with Gasteiger partial charge in [-0.15, -0.1) is 0 Å². The molecule has 0 bridgehead atoms. The molecule has 28 heavy (non-hydrogen) atoms. The Morgan fingerprint density at radius 2 is 2.29 bits per heavy atom. The summed E-state index contributed by atoms with van der Waals surface area (Å²) < 4.78 is 11.5. The average Bonchev–Trinajstić information content (AvgIpc) is 3.34. The number of nitrogens with one attached hydrogen (secondary N) is 1. The van der Waals surface area contributed by atoms with Crippen molar-refractivity contribution < 1.29 is 14.3 Å². The van der Waals surface area contributed by atoms with Gasteiger partial charge in [-0.05, 0) is 49.6 Å². The van der Waals surface area contributed by atoms with E-state index in [1.54, 1.807) is 11.2 Å². The van der Waals surface area contributed by atoms with Crippen LogP contribution in [0.1, 0.15) is 39.5 Å². The summed E-state index contributed by atoms with van der Waals surface area (Å²) in [4.78, 5) is 21.5. The number of carbonyl (C=O) groups excluding carboxylic acids is 1. The van der Waals surface area contributed by atoms with Crippen molar-refractivity contribution in [2.75, 3.05) is 11.5 Å². The Kier molecular flexibility index (Phi) is 5.37. The maximum Gasteiger partial charge on any atom is 0.414 e. The molecule has 1 saturated heterocycles. The van der Waals surface area contributed by atoms with Gasteiger partial charge in [-0.25, -0.2) is 9.78 Å². The van der Waals surface area contributed by atoms with E-state index in [2.05, 4.69) is 36.0 Å². The van der Waals surface area contributed by atoms with Crippen LogP contribution < -0.4 is 4.90 Å². The molecule has 3 unspecified atom stereocenters. The van der Waals surface area contributed by atoms with Crippen molar-refractivity contribution in [2.45, 2.75) is 51.7 Å². The second-order valence-electron chi connectivity index (χ2n) is 7.42. The van der Waals surface area contributed by atoms with Crippen LogP contribution in [-0.2, 0) is 9.47 Å². The van der Waals surface area contributed by atoms with Gasteiger partial charge in [0, 0.05) is 11.6 Å². The first-order valence-corrected chi connectivity index (χ1v) is 10.1. The Morgan fingerprint density at radius 1 is 1.39 bits per heavy atom. The lowest BCUT2D eigenvalue weighted by Gasteiger charge is -2.29. The van der Waals surface area contributed by atoms with Crippen molar-refractivity contribution in [1.29, 1.82) is 0 Å². The molecule has 1 aromatic heterocycles. The molecule has 2 aliphatic rings. The first-order chi connectivity index (χ1) is 13.7. The molecule has 2 aromatic rings. The van der Waals surface area contributed by atoms with Crippen LogP contribution in [0.5, 0.6) is 0 Å². The molecule has 1 fully saturated rings. The topological polar surface area (TPSA) is 67.5 Å². The molecule has 0 spiro atoms. The molecular formula is C22H27N3O3. The number of allylic oxidation sites excluding steroid dienone is 2. The SMILES string of the molecule is CCCC(CC)OC1=CCC(C2COC(=O)N2c2ccc3nc[nH]c3c2)C=C1. The van der Waals surface area contributed by atoms with Gasteiger partial charge in [0.05, 0.1) is 29.5 Å². The van der Waals surface area contributed by atoms with Crippen molar-refractivity contribution in [3.05, 3.63) is 48.5 Å². The number of anilines is 1. The fourth-order valence-electron chi connectivity index (χ4n) is 3.97. The van der Waals surface area contributed by atoms with Gasteiger partial charge < -0.3 is 14.5 Å². The molecule has 148 valence electrons. The minimum Gasteiger partial charge on any atom is -0.491 e. The number of rotatable bonds is 7. The second kappa shape index (κ2) is 8.09. The van der Waals surface area contributed by atoms with Crippen LogP contribution in [0.3, 0.4) is 0 Å². The predicted molar refractivity (Wildman–Crippen MR) is 109 cm³/mol. The summed E-state index contributed by atoms with van der Waals surface area (Å²) in [6.07, 6.45) is 12.0. The predicted octanol–water partition coefficient (Wildman–Crippen LogP) is 4.94. The maximum absolute atomic E-state index is 12.4. The summed E-state index contributed by atoms with van der Waals surface area (Å²) in [6, 6.07) is 5.77. The van der Waals surface area contributed by atoms with Gasteiger partial charge >= 0.3 is 6.09 Å². The number of hydrogen-bond donors (Lipinski definition) is 1. The van der Waals surface area contributed by atoms with Gasteiger partial charge in [0.2, 0.25) is 0 Å². The number of amides is 1. The summed E-state index contributed by atoms with van der Waals surface area (Å²) in [5.74, 6) is 1.13. The highest BCUT2D eigenvalue weighted by Crippen LogP contribution is 2.33. The zero-order valence-electron chi connectivity index (χ0n) is 16.4. The van der Waals surface area contributed by atoms with Crippen LogP contribution >= 0.6 is 0 Å². The van der Waals surface area contributed by atoms with Crippen LogP contribution in [0, 0.1) is 5.92 Å². The van der Waals surface area contributed by atoms with E-state index < -0.39 is 0 Å². The number of cyclic esters (lactones) is 1. The third kappa shape index (κ3) is 3.63. The van der Waals surface area contributed by atoms with E-state index in [4.69, 9.17) is 9.47 Å².